The molecule has 0 aliphatic carbocycles. The molecule has 10 N–H and O–H groups in total. The van der Waals surface area contributed by atoms with Crippen LogP contribution in [0.3, 0.4) is 0 Å². The molecule has 1 amide bonds. The first-order chi connectivity index (χ1) is 18.8. The molecule has 2 fully saturated rings. The predicted octanol–water partition coefficient (Wildman–Crippen LogP) is -3.41. The molecule has 2 saturated heterocycles. The van der Waals surface area contributed by atoms with Gasteiger partial charge in [-0.1, -0.05) is 0 Å². The van der Waals surface area contributed by atoms with E-state index < -0.39 is 115 Å². The predicted molar refractivity (Wildman–Crippen MR) is 120 cm³/mol. The number of anilines is 1. The van der Waals surface area contributed by atoms with Crippen molar-refractivity contribution in [3.63, 3.8) is 0 Å². The number of amides is 1. The number of halogens is 4. The Balaban J connectivity index is 1.53. The van der Waals surface area contributed by atoms with Crippen molar-refractivity contribution >= 4 is 11.6 Å². The lowest BCUT2D eigenvalue weighted by atomic mass is 9.97. The maximum atomic E-state index is 13.9. The van der Waals surface area contributed by atoms with E-state index in [-0.39, 0.29) is 19.6 Å². The fourth-order valence-electron chi connectivity index (χ4n) is 4.10. The highest BCUT2D eigenvalue weighted by atomic mass is 19.2. The van der Waals surface area contributed by atoms with Gasteiger partial charge < -0.3 is 65.7 Å². The van der Waals surface area contributed by atoms with Gasteiger partial charge in [0.05, 0.1) is 19.8 Å². The number of ether oxygens (including phenoxy) is 4. The quantitative estimate of drug-likeness (QED) is 0.0560. The molecule has 1 aromatic carbocycles. The zero-order valence-electron chi connectivity index (χ0n) is 20.6. The third-order valence-electron chi connectivity index (χ3n) is 6.37. The number of aliphatic hydroxyl groups excluding tert-OH is 7. The second-order valence-electron chi connectivity index (χ2n) is 9.03. The molecule has 0 saturated carbocycles. The van der Waals surface area contributed by atoms with E-state index in [1.54, 1.807) is 0 Å². The minimum absolute atomic E-state index is 0.0911. The average molecular weight is 590 g/mol. The summed E-state index contributed by atoms with van der Waals surface area (Å²) in [7, 11) is 0. The molecule has 18 heteroatoms. The van der Waals surface area contributed by atoms with Gasteiger partial charge in [0.1, 0.15) is 60.1 Å². The number of hydrogen-bond donors (Lipinski definition) is 9. The Morgan fingerprint density at radius 1 is 0.800 bits per heavy atom. The first kappa shape index (κ1) is 32.3. The fourth-order valence-corrected chi connectivity index (χ4v) is 4.10. The van der Waals surface area contributed by atoms with E-state index in [1.807, 2.05) is 5.32 Å². The molecule has 3 rings (SSSR count). The Hall–Kier alpha value is -2.23. The van der Waals surface area contributed by atoms with Gasteiger partial charge >= 0.3 is 0 Å². The molecule has 228 valence electrons. The molecular formula is C22H30F4N2O12. The Kier molecular flexibility index (Phi) is 11.0. The SMILES string of the molecule is Nc1c(F)c(F)c(C(=O)NCCCO[C@@H]2O[C@H](CO)[C@@H](O[C@@H]3O[C@H](CO)[C@H](O)[C@H](O)[C@H]3O)[C@H](O)[C@H]2O)c(F)c1F. The first-order valence-corrected chi connectivity index (χ1v) is 11.9. The molecule has 2 heterocycles. The number of hydrogen-bond acceptors (Lipinski definition) is 13. The number of nitrogen functional groups attached to an aromatic ring is 1. The molecule has 2 aliphatic heterocycles. The van der Waals surface area contributed by atoms with E-state index in [9.17, 15) is 58.1 Å². The summed E-state index contributed by atoms with van der Waals surface area (Å²) in [6.07, 6.45) is -16.6. The van der Waals surface area contributed by atoms with E-state index >= 15 is 0 Å². The van der Waals surface area contributed by atoms with Crippen molar-refractivity contribution in [3.8, 4) is 0 Å². The molecule has 40 heavy (non-hydrogen) atoms. The van der Waals surface area contributed by atoms with Crippen LogP contribution in [-0.2, 0) is 18.9 Å². The number of benzene rings is 1. The van der Waals surface area contributed by atoms with Crippen LogP contribution in [0.25, 0.3) is 0 Å². The Bertz CT molecular complexity index is 1010. The van der Waals surface area contributed by atoms with Crippen LogP contribution in [0.2, 0.25) is 0 Å². The zero-order valence-corrected chi connectivity index (χ0v) is 20.6. The molecule has 0 spiro atoms. The van der Waals surface area contributed by atoms with Crippen molar-refractivity contribution in [1.82, 2.24) is 5.32 Å². The standard InChI is InChI=1S/C22H30F4N2O12/c23-9-8(10(24)12(26)13(27)11(9)25)20(36)28-2-1-3-37-21-18(35)16(33)19(7(5-30)39-21)40-22-17(34)15(32)14(31)6(4-29)38-22/h6-7,14-19,21-22,29-35H,1-5,27H2,(H,28,36)/t6-,7-,14+,15+,16-,17-,18-,19-,21-,22+/m1/s1. The second kappa shape index (κ2) is 13.6. The lowest BCUT2D eigenvalue weighted by Crippen LogP contribution is -2.64. The van der Waals surface area contributed by atoms with E-state index in [0.717, 1.165) is 0 Å². The van der Waals surface area contributed by atoms with Crippen LogP contribution in [-0.4, -0.2) is 129 Å². The second-order valence-corrected chi connectivity index (χ2v) is 9.03. The molecule has 14 nitrogen and oxygen atoms in total. The lowest BCUT2D eigenvalue weighted by Gasteiger charge is -2.45. The highest BCUT2D eigenvalue weighted by molar-refractivity contribution is 5.95. The summed E-state index contributed by atoms with van der Waals surface area (Å²) < 4.78 is 76.2. The number of carbonyl (C=O) groups excluding carboxylic acids is 1. The van der Waals surface area contributed by atoms with Gasteiger partial charge in [-0.15, -0.1) is 0 Å². The fraction of sp³-hybridized carbons (Fsp3) is 0.682. The first-order valence-electron chi connectivity index (χ1n) is 11.9. The molecule has 0 unspecified atom stereocenters. The van der Waals surface area contributed by atoms with Crippen molar-refractivity contribution in [1.29, 1.82) is 0 Å². The van der Waals surface area contributed by atoms with Gasteiger partial charge in [-0.3, -0.25) is 4.79 Å². The van der Waals surface area contributed by atoms with Crippen molar-refractivity contribution < 1.29 is 77.0 Å². The topological polar surface area (TPSA) is 234 Å². The van der Waals surface area contributed by atoms with Crippen LogP contribution in [0.4, 0.5) is 23.2 Å². The molecule has 10 atom stereocenters. The third kappa shape index (κ3) is 6.47. The van der Waals surface area contributed by atoms with Gasteiger partial charge in [0.25, 0.3) is 5.91 Å². The van der Waals surface area contributed by atoms with E-state index in [4.69, 9.17) is 24.7 Å². The maximum absolute atomic E-state index is 13.9. The van der Waals surface area contributed by atoms with Crippen LogP contribution >= 0.6 is 0 Å². The van der Waals surface area contributed by atoms with Crippen LogP contribution in [0.5, 0.6) is 0 Å². The zero-order chi connectivity index (χ0) is 29.9. The Labute approximate surface area is 223 Å². The summed E-state index contributed by atoms with van der Waals surface area (Å²) in [5, 5.41) is 71.9. The molecule has 0 bridgehead atoms. The van der Waals surface area contributed by atoms with Crippen molar-refractivity contribution in [3.05, 3.63) is 28.8 Å². The molecule has 0 radical (unpaired) electrons. The Morgan fingerprint density at radius 2 is 1.35 bits per heavy atom. The normalized spacial score (nSPS) is 34.6. The third-order valence-corrected chi connectivity index (χ3v) is 6.37. The van der Waals surface area contributed by atoms with E-state index in [1.165, 1.54) is 0 Å². The van der Waals surface area contributed by atoms with Gasteiger partial charge in [-0.2, -0.15) is 0 Å². The van der Waals surface area contributed by atoms with Crippen LogP contribution in [0, 0.1) is 23.3 Å². The summed E-state index contributed by atoms with van der Waals surface area (Å²) in [6, 6.07) is 0. The minimum Gasteiger partial charge on any atom is -0.394 e. The summed E-state index contributed by atoms with van der Waals surface area (Å²) in [5.74, 6) is -9.30. The van der Waals surface area contributed by atoms with Crippen LogP contribution in [0.1, 0.15) is 16.8 Å². The monoisotopic (exact) mass is 590 g/mol. The molecule has 1 aromatic rings. The van der Waals surface area contributed by atoms with Gasteiger partial charge in [0, 0.05) is 6.54 Å². The van der Waals surface area contributed by atoms with Gasteiger partial charge in [0.2, 0.25) is 0 Å². The minimum atomic E-state index is -1.98. The number of nitrogens with one attached hydrogen (secondary N) is 1. The molecule has 2 aliphatic rings. The van der Waals surface area contributed by atoms with Crippen molar-refractivity contribution in [2.24, 2.45) is 0 Å². The van der Waals surface area contributed by atoms with E-state index in [2.05, 4.69) is 0 Å². The van der Waals surface area contributed by atoms with Gasteiger partial charge in [-0.05, 0) is 6.42 Å². The summed E-state index contributed by atoms with van der Waals surface area (Å²) >= 11 is 0. The molecule has 0 aromatic heterocycles. The van der Waals surface area contributed by atoms with Crippen molar-refractivity contribution in [2.45, 2.75) is 67.8 Å². The van der Waals surface area contributed by atoms with Gasteiger partial charge in [-0.25, -0.2) is 17.6 Å². The highest BCUT2D eigenvalue weighted by Crippen LogP contribution is 2.30. The lowest BCUT2D eigenvalue weighted by molar-refractivity contribution is -0.359. The highest BCUT2D eigenvalue weighted by Gasteiger charge is 2.50. The van der Waals surface area contributed by atoms with Crippen molar-refractivity contribution in [2.75, 3.05) is 32.1 Å². The van der Waals surface area contributed by atoms with Crippen LogP contribution < -0.4 is 11.1 Å². The molecular weight excluding hydrogens is 560 g/mol. The maximum Gasteiger partial charge on any atom is 0.257 e. The average Bonchev–Trinajstić information content (AvgIpc) is 2.94. The number of nitrogens with two attached hydrogens (primary N) is 1. The van der Waals surface area contributed by atoms with E-state index in [0.29, 0.717) is 0 Å². The van der Waals surface area contributed by atoms with Gasteiger partial charge in [0.15, 0.2) is 35.8 Å². The summed E-state index contributed by atoms with van der Waals surface area (Å²) in [4.78, 5) is 12.0. The number of rotatable bonds is 10. The number of aliphatic hydroxyl groups is 7. The largest absolute Gasteiger partial charge is 0.394 e. The smallest absolute Gasteiger partial charge is 0.257 e. The van der Waals surface area contributed by atoms with Crippen LogP contribution in [0.15, 0.2) is 0 Å². The summed E-state index contributed by atoms with van der Waals surface area (Å²) in [6.45, 7) is -2.19. The number of carbonyl (C=O) groups is 1. The Morgan fingerprint density at radius 3 is 1.93 bits per heavy atom. The summed E-state index contributed by atoms with van der Waals surface area (Å²) in [5.41, 5.74) is 1.95.